The summed E-state index contributed by atoms with van der Waals surface area (Å²) in [4.78, 5) is 4.65. The van der Waals surface area contributed by atoms with E-state index in [1.54, 1.807) is 13.0 Å². The van der Waals surface area contributed by atoms with Gasteiger partial charge in [0.25, 0.3) is 0 Å². The van der Waals surface area contributed by atoms with Gasteiger partial charge in [-0.2, -0.15) is 0 Å². The molecule has 1 aliphatic heterocycles. The maximum Gasteiger partial charge on any atom is 0.191 e. The summed E-state index contributed by atoms with van der Waals surface area (Å²) in [6, 6.07) is 14.4. The van der Waals surface area contributed by atoms with Gasteiger partial charge in [-0.3, -0.25) is 0 Å². The number of ether oxygens (including phenoxy) is 1. The topological polar surface area (TPSA) is 91.1 Å². The van der Waals surface area contributed by atoms with Crippen LogP contribution < -0.4 is 16.0 Å². The van der Waals surface area contributed by atoms with Gasteiger partial charge in [-0.05, 0) is 58.2 Å². The molecule has 1 aliphatic rings. The zero-order chi connectivity index (χ0) is 23.0. The number of furan rings is 1. The van der Waals surface area contributed by atoms with E-state index in [1.165, 1.54) is 5.56 Å². The van der Waals surface area contributed by atoms with E-state index in [1.807, 2.05) is 26.0 Å². The van der Waals surface area contributed by atoms with Crippen LogP contribution in [0.5, 0.6) is 0 Å². The molecule has 0 amide bonds. The third kappa shape index (κ3) is 7.98. The summed E-state index contributed by atoms with van der Waals surface area (Å²) in [6.45, 7) is 10.9. The van der Waals surface area contributed by atoms with Crippen LogP contribution >= 0.6 is 24.0 Å². The number of benzene rings is 1. The third-order valence-corrected chi connectivity index (χ3v) is 6.03. The summed E-state index contributed by atoms with van der Waals surface area (Å²) in [5.41, 5.74) is -0.0130. The van der Waals surface area contributed by atoms with Crippen molar-refractivity contribution in [2.24, 2.45) is 4.99 Å². The largest absolute Gasteiger partial charge is 0.463 e. The van der Waals surface area contributed by atoms with Crippen LogP contribution in [0.2, 0.25) is 0 Å². The molecule has 3 rings (SSSR count). The van der Waals surface area contributed by atoms with Gasteiger partial charge in [-0.15, -0.1) is 24.0 Å². The Hall–Kier alpha value is -1.62. The van der Waals surface area contributed by atoms with Crippen molar-refractivity contribution >= 4 is 29.9 Å². The van der Waals surface area contributed by atoms with Crippen molar-refractivity contribution < 1.29 is 14.3 Å². The maximum absolute atomic E-state index is 10.8. The van der Waals surface area contributed by atoms with Crippen LogP contribution in [0.25, 0.3) is 0 Å². The van der Waals surface area contributed by atoms with E-state index >= 15 is 0 Å². The van der Waals surface area contributed by atoms with Gasteiger partial charge in [0.05, 0.1) is 6.54 Å². The molecule has 1 aromatic heterocycles. The molecule has 184 valence electrons. The molecule has 1 saturated heterocycles. The van der Waals surface area contributed by atoms with Crippen LogP contribution in [0, 0.1) is 6.92 Å². The molecule has 1 fully saturated rings. The monoisotopic (exact) mass is 570 g/mol. The Morgan fingerprint density at radius 3 is 2.45 bits per heavy atom. The molecular weight excluding hydrogens is 531 g/mol. The van der Waals surface area contributed by atoms with Crippen LogP contribution in [-0.4, -0.2) is 49.5 Å². The van der Waals surface area contributed by atoms with E-state index in [0.717, 1.165) is 38.4 Å². The number of hydrogen-bond acceptors (Lipinski definition) is 5. The molecule has 8 heteroatoms. The molecule has 0 aliphatic carbocycles. The Morgan fingerprint density at radius 2 is 1.85 bits per heavy atom. The molecule has 2 aromatic rings. The van der Waals surface area contributed by atoms with Gasteiger partial charge in [0.15, 0.2) is 5.96 Å². The lowest BCUT2D eigenvalue weighted by molar-refractivity contribution is 0.0353. The first-order chi connectivity index (χ1) is 15.3. The first-order valence-corrected chi connectivity index (χ1v) is 11.6. The van der Waals surface area contributed by atoms with Gasteiger partial charge in [0, 0.05) is 37.9 Å². The summed E-state index contributed by atoms with van der Waals surface area (Å²) < 4.78 is 11.3. The summed E-state index contributed by atoms with van der Waals surface area (Å²) in [5.74, 6) is 1.97. The maximum atomic E-state index is 10.8. The fourth-order valence-electron chi connectivity index (χ4n) is 4.05. The summed E-state index contributed by atoms with van der Waals surface area (Å²) in [5, 5.41) is 21.5. The van der Waals surface area contributed by atoms with E-state index in [0.29, 0.717) is 18.3 Å². The summed E-state index contributed by atoms with van der Waals surface area (Å²) in [6.07, 6.45) is 1.83. The van der Waals surface area contributed by atoms with E-state index in [9.17, 15) is 5.11 Å². The molecule has 0 radical (unpaired) electrons. The summed E-state index contributed by atoms with van der Waals surface area (Å²) >= 11 is 0. The molecule has 1 aromatic carbocycles. The fraction of sp³-hybridized carbons (Fsp3) is 0.560. The zero-order valence-corrected chi connectivity index (χ0v) is 22.5. The average Bonchev–Trinajstić information content (AvgIpc) is 3.24. The molecule has 2 atom stereocenters. The first kappa shape index (κ1) is 27.6. The fourth-order valence-corrected chi connectivity index (χ4v) is 4.05. The van der Waals surface area contributed by atoms with E-state index in [4.69, 9.17) is 9.15 Å². The van der Waals surface area contributed by atoms with Gasteiger partial charge in [0.2, 0.25) is 0 Å². The number of nitrogens with zero attached hydrogens (tertiary/aromatic N) is 1. The van der Waals surface area contributed by atoms with Gasteiger partial charge in [0.1, 0.15) is 17.1 Å². The number of guanidine groups is 1. The molecule has 0 spiro atoms. The number of aryl methyl sites for hydroxylation is 1. The molecule has 2 unspecified atom stereocenters. The van der Waals surface area contributed by atoms with Gasteiger partial charge in [-0.25, -0.2) is 4.99 Å². The van der Waals surface area contributed by atoms with Crippen molar-refractivity contribution in [3.63, 3.8) is 0 Å². The lowest BCUT2D eigenvalue weighted by Gasteiger charge is -2.41. The first-order valence-electron chi connectivity index (χ1n) is 11.6. The number of halogens is 1. The number of aliphatic imine (C=N–C) groups is 1. The predicted molar refractivity (Wildman–Crippen MR) is 143 cm³/mol. The molecule has 33 heavy (non-hydrogen) atoms. The van der Waals surface area contributed by atoms with E-state index in [-0.39, 0.29) is 42.1 Å². The summed E-state index contributed by atoms with van der Waals surface area (Å²) in [7, 11) is 0. The molecule has 0 saturated carbocycles. The van der Waals surface area contributed by atoms with Crippen LogP contribution in [0.3, 0.4) is 0 Å². The Labute approximate surface area is 214 Å². The number of rotatable bonds is 9. The molecule has 2 heterocycles. The van der Waals surface area contributed by atoms with Crippen molar-refractivity contribution in [3.8, 4) is 0 Å². The van der Waals surface area contributed by atoms with Crippen molar-refractivity contribution in [2.45, 2.75) is 57.7 Å². The van der Waals surface area contributed by atoms with Crippen molar-refractivity contribution in [1.29, 1.82) is 0 Å². The third-order valence-electron chi connectivity index (χ3n) is 6.03. The van der Waals surface area contributed by atoms with Gasteiger partial charge in [-0.1, -0.05) is 30.3 Å². The molecular formula is C25H39IN4O3. The smallest absolute Gasteiger partial charge is 0.191 e. The lowest BCUT2D eigenvalue weighted by atomic mass is 9.88. The van der Waals surface area contributed by atoms with Crippen LogP contribution in [0.15, 0.2) is 51.9 Å². The SMILES string of the molecule is CCNC(=NCC(C)(O)c1ccc(C)o1)NCC1(NC(C)c2ccccc2)CCOCC1.I. The Kier molecular flexibility index (Phi) is 10.7. The predicted octanol–water partition coefficient (Wildman–Crippen LogP) is 3.87. The number of aliphatic hydroxyl groups is 1. The minimum atomic E-state index is -1.17. The second-order valence-electron chi connectivity index (χ2n) is 8.90. The Bertz CT molecular complexity index is 864. The van der Waals surface area contributed by atoms with Crippen molar-refractivity contribution in [2.75, 3.05) is 32.8 Å². The quantitative estimate of drug-likeness (QED) is 0.208. The Balaban J connectivity index is 0.00000385. The molecule has 4 N–H and O–H groups in total. The minimum absolute atomic E-state index is 0. The van der Waals surface area contributed by atoms with Crippen LogP contribution in [0.1, 0.15) is 56.7 Å². The zero-order valence-electron chi connectivity index (χ0n) is 20.2. The highest BCUT2D eigenvalue weighted by Gasteiger charge is 2.34. The van der Waals surface area contributed by atoms with Crippen molar-refractivity contribution in [3.05, 3.63) is 59.5 Å². The second kappa shape index (κ2) is 12.7. The lowest BCUT2D eigenvalue weighted by Crippen LogP contribution is -2.58. The van der Waals surface area contributed by atoms with Crippen molar-refractivity contribution in [1.82, 2.24) is 16.0 Å². The van der Waals surface area contributed by atoms with Crippen LogP contribution in [0.4, 0.5) is 0 Å². The standard InChI is InChI=1S/C25H38N4O3.HI/c1-5-26-23(27-17-24(4,30)22-12-11-19(2)32-22)28-18-25(13-15-31-16-14-25)29-20(3)21-9-7-6-8-10-21;/h6-12,20,29-30H,5,13-18H2,1-4H3,(H2,26,27,28);1H. The second-order valence-corrected chi connectivity index (χ2v) is 8.90. The highest BCUT2D eigenvalue weighted by molar-refractivity contribution is 14.0. The highest BCUT2D eigenvalue weighted by Crippen LogP contribution is 2.25. The average molecular weight is 571 g/mol. The van der Waals surface area contributed by atoms with Gasteiger partial charge < -0.3 is 30.2 Å². The highest BCUT2D eigenvalue weighted by atomic mass is 127. The van der Waals surface area contributed by atoms with Gasteiger partial charge >= 0.3 is 0 Å². The number of hydrogen-bond donors (Lipinski definition) is 4. The van der Waals surface area contributed by atoms with E-state index < -0.39 is 5.60 Å². The number of nitrogens with one attached hydrogen (secondary N) is 3. The minimum Gasteiger partial charge on any atom is -0.463 e. The molecule has 0 bridgehead atoms. The Morgan fingerprint density at radius 1 is 1.15 bits per heavy atom. The molecule has 7 nitrogen and oxygen atoms in total. The van der Waals surface area contributed by atoms with E-state index in [2.05, 4.69) is 52.1 Å². The normalized spacial score (nSPS) is 18.6. The van der Waals surface area contributed by atoms with Crippen LogP contribution in [-0.2, 0) is 10.3 Å².